The van der Waals surface area contributed by atoms with Crippen LogP contribution in [0.4, 0.5) is 11.5 Å². The third kappa shape index (κ3) is 3.38. The van der Waals surface area contributed by atoms with E-state index in [0.29, 0.717) is 11.3 Å². The molecule has 5 nitrogen and oxygen atoms in total. The number of hydrogen-bond donors (Lipinski definition) is 2. The standard InChI is InChI=1S/C16H18N4O/c21-16(13-4-2-1-3-5-13)19-14-6-7-15(18-12-14)20-10-8-17-9-11-20/h1-7,12,17H,8-11H2,(H,19,21). The Morgan fingerprint density at radius 1 is 1.10 bits per heavy atom. The molecular weight excluding hydrogens is 264 g/mol. The first-order valence-corrected chi connectivity index (χ1v) is 7.11. The highest BCUT2D eigenvalue weighted by Crippen LogP contribution is 2.15. The predicted molar refractivity (Wildman–Crippen MR) is 83.7 cm³/mol. The van der Waals surface area contributed by atoms with Crippen molar-refractivity contribution in [1.82, 2.24) is 10.3 Å². The molecule has 1 saturated heterocycles. The first-order chi connectivity index (χ1) is 10.3. The lowest BCUT2D eigenvalue weighted by Crippen LogP contribution is -2.43. The van der Waals surface area contributed by atoms with Crippen LogP contribution in [0.25, 0.3) is 0 Å². The number of carbonyl (C=O) groups excluding carboxylic acids is 1. The van der Waals surface area contributed by atoms with Crippen molar-refractivity contribution in [3.63, 3.8) is 0 Å². The Balaban J connectivity index is 1.65. The highest BCUT2D eigenvalue weighted by atomic mass is 16.1. The summed E-state index contributed by atoms with van der Waals surface area (Å²) in [5, 5.41) is 6.17. The Bertz CT molecular complexity index is 591. The number of hydrogen-bond acceptors (Lipinski definition) is 4. The fourth-order valence-electron chi connectivity index (χ4n) is 2.33. The average molecular weight is 282 g/mol. The molecule has 1 amide bonds. The second-order valence-electron chi connectivity index (χ2n) is 4.96. The van der Waals surface area contributed by atoms with Gasteiger partial charge in [0.05, 0.1) is 11.9 Å². The van der Waals surface area contributed by atoms with E-state index in [1.165, 1.54) is 0 Å². The molecule has 1 aliphatic heterocycles. The lowest BCUT2D eigenvalue weighted by atomic mass is 10.2. The molecule has 0 aliphatic carbocycles. The van der Waals surface area contributed by atoms with Crippen molar-refractivity contribution in [1.29, 1.82) is 0 Å². The molecule has 0 radical (unpaired) electrons. The van der Waals surface area contributed by atoms with Gasteiger partial charge in [-0.1, -0.05) is 18.2 Å². The van der Waals surface area contributed by atoms with E-state index in [1.54, 1.807) is 18.3 Å². The molecular formula is C16H18N4O. The molecule has 1 aromatic carbocycles. The van der Waals surface area contributed by atoms with E-state index >= 15 is 0 Å². The van der Waals surface area contributed by atoms with E-state index in [2.05, 4.69) is 20.5 Å². The summed E-state index contributed by atoms with van der Waals surface area (Å²) in [5.74, 6) is 0.835. The summed E-state index contributed by atoms with van der Waals surface area (Å²) in [4.78, 5) is 18.7. The van der Waals surface area contributed by atoms with Gasteiger partial charge in [0, 0.05) is 31.7 Å². The zero-order valence-electron chi connectivity index (χ0n) is 11.7. The summed E-state index contributed by atoms with van der Waals surface area (Å²) < 4.78 is 0. The van der Waals surface area contributed by atoms with Gasteiger partial charge in [-0.25, -0.2) is 4.98 Å². The Morgan fingerprint density at radius 2 is 1.86 bits per heavy atom. The molecule has 21 heavy (non-hydrogen) atoms. The van der Waals surface area contributed by atoms with Gasteiger partial charge in [0.2, 0.25) is 0 Å². The molecule has 2 aromatic rings. The van der Waals surface area contributed by atoms with Crippen LogP contribution in [0.3, 0.4) is 0 Å². The molecule has 2 heterocycles. The zero-order valence-corrected chi connectivity index (χ0v) is 11.7. The molecule has 1 aliphatic rings. The van der Waals surface area contributed by atoms with Gasteiger partial charge in [0.15, 0.2) is 0 Å². The summed E-state index contributed by atoms with van der Waals surface area (Å²) in [7, 11) is 0. The van der Waals surface area contributed by atoms with Gasteiger partial charge < -0.3 is 15.5 Å². The number of piperazine rings is 1. The maximum absolute atomic E-state index is 12.0. The molecule has 0 atom stereocenters. The monoisotopic (exact) mass is 282 g/mol. The summed E-state index contributed by atoms with van der Waals surface area (Å²) in [5.41, 5.74) is 1.35. The van der Waals surface area contributed by atoms with Crippen LogP contribution in [0, 0.1) is 0 Å². The smallest absolute Gasteiger partial charge is 0.255 e. The van der Waals surface area contributed by atoms with Crippen molar-refractivity contribution in [3.05, 3.63) is 54.2 Å². The van der Waals surface area contributed by atoms with Crippen LogP contribution >= 0.6 is 0 Å². The maximum atomic E-state index is 12.0. The van der Waals surface area contributed by atoms with Crippen LogP contribution < -0.4 is 15.5 Å². The molecule has 5 heteroatoms. The van der Waals surface area contributed by atoms with Gasteiger partial charge >= 0.3 is 0 Å². The topological polar surface area (TPSA) is 57.3 Å². The minimum absolute atomic E-state index is 0.118. The van der Waals surface area contributed by atoms with Crippen LogP contribution in [-0.2, 0) is 0 Å². The van der Waals surface area contributed by atoms with E-state index in [1.807, 2.05) is 30.3 Å². The first-order valence-electron chi connectivity index (χ1n) is 7.11. The normalized spacial score (nSPS) is 14.8. The van der Waals surface area contributed by atoms with E-state index in [-0.39, 0.29) is 5.91 Å². The van der Waals surface area contributed by atoms with Crippen LogP contribution in [-0.4, -0.2) is 37.1 Å². The van der Waals surface area contributed by atoms with Gasteiger partial charge in [-0.2, -0.15) is 0 Å². The second kappa shape index (κ2) is 6.37. The number of pyridine rings is 1. The highest BCUT2D eigenvalue weighted by molar-refractivity contribution is 6.04. The molecule has 0 bridgehead atoms. The molecule has 1 fully saturated rings. The largest absolute Gasteiger partial charge is 0.354 e. The van der Waals surface area contributed by atoms with Crippen molar-refractivity contribution in [2.24, 2.45) is 0 Å². The molecule has 0 unspecified atom stereocenters. The van der Waals surface area contributed by atoms with Crippen LogP contribution in [0.2, 0.25) is 0 Å². The molecule has 1 aromatic heterocycles. The number of amides is 1. The number of rotatable bonds is 3. The summed E-state index contributed by atoms with van der Waals surface area (Å²) in [6.45, 7) is 3.88. The summed E-state index contributed by atoms with van der Waals surface area (Å²) in [6, 6.07) is 13.0. The number of aromatic nitrogens is 1. The highest BCUT2D eigenvalue weighted by Gasteiger charge is 2.11. The molecule has 0 saturated carbocycles. The number of anilines is 2. The lowest BCUT2D eigenvalue weighted by molar-refractivity contribution is 0.102. The van der Waals surface area contributed by atoms with Crippen molar-refractivity contribution in [2.75, 3.05) is 36.4 Å². The number of benzene rings is 1. The quantitative estimate of drug-likeness (QED) is 0.900. The van der Waals surface area contributed by atoms with Gasteiger partial charge in [0.1, 0.15) is 5.82 Å². The Morgan fingerprint density at radius 3 is 2.52 bits per heavy atom. The van der Waals surface area contributed by atoms with Gasteiger partial charge in [-0.15, -0.1) is 0 Å². The van der Waals surface area contributed by atoms with Gasteiger partial charge in [-0.3, -0.25) is 4.79 Å². The molecule has 0 spiro atoms. The molecule has 2 N–H and O–H groups in total. The summed E-state index contributed by atoms with van der Waals surface area (Å²) >= 11 is 0. The summed E-state index contributed by atoms with van der Waals surface area (Å²) in [6.07, 6.45) is 1.71. The van der Waals surface area contributed by atoms with Crippen LogP contribution in [0.5, 0.6) is 0 Å². The fraction of sp³-hybridized carbons (Fsp3) is 0.250. The third-order valence-electron chi connectivity index (χ3n) is 3.48. The van der Waals surface area contributed by atoms with E-state index in [4.69, 9.17) is 0 Å². The van der Waals surface area contributed by atoms with Crippen molar-refractivity contribution < 1.29 is 4.79 Å². The Hall–Kier alpha value is -2.40. The molecule has 3 rings (SSSR count). The second-order valence-corrected chi connectivity index (χ2v) is 4.96. The van der Waals surface area contributed by atoms with Crippen molar-refractivity contribution in [2.45, 2.75) is 0 Å². The van der Waals surface area contributed by atoms with E-state index in [0.717, 1.165) is 32.0 Å². The first kappa shape index (κ1) is 13.6. The van der Waals surface area contributed by atoms with Crippen molar-refractivity contribution >= 4 is 17.4 Å². The maximum Gasteiger partial charge on any atom is 0.255 e. The number of nitrogens with zero attached hydrogens (tertiary/aromatic N) is 2. The fourth-order valence-corrected chi connectivity index (χ4v) is 2.33. The van der Waals surface area contributed by atoms with E-state index in [9.17, 15) is 4.79 Å². The Kier molecular flexibility index (Phi) is 4.12. The average Bonchev–Trinajstić information content (AvgIpc) is 2.57. The van der Waals surface area contributed by atoms with Gasteiger partial charge in [0.25, 0.3) is 5.91 Å². The Labute approximate surface area is 124 Å². The van der Waals surface area contributed by atoms with Crippen LogP contribution in [0.15, 0.2) is 48.7 Å². The van der Waals surface area contributed by atoms with Gasteiger partial charge in [-0.05, 0) is 24.3 Å². The lowest BCUT2D eigenvalue weighted by Gasteiger charge is -2.28. The predicted octanol–water partition coefficient (Wildman–Crippen LogP) is 1.74. The number of carbonyl (C=O) groups is 1. The third-order valence-corrected chi connectivity index (χ3v) is 3.48. The zero-order chi connectivity index (χ0) is 14.5. The van der Waals surface area contributed by atoms with E-state index < -0.39 is 0 Å². The van der Waals surface area contributed by atoms with Crippen LogP contribution in [0.1, 0.15) is 10.4 Å². The number of nitrogens with one attached hydrogen (secondary N) is 2. The molecule has 108 valence electrons. The SMILES string of the molecule is O=C(Nc1ccc(N2CCNCC2)nc1)c1ccccc1. The minimum atomic E-state index is -0.118. The minimum Gasteiger partial charge on any atom is -0.354 e. The van der Waals surface area contributed by atoms with Crippen molar-refractivity contribution in [3.8, 4) is 0 Å².